The van der Waals surface area contributed by atoms with Gasteiger partial charge in [-0.3, -0.25) is 4.79 Å². The maximum absolute atomic E-state index is 10.9. The summed E-state index contributed by atoms with van der Waals surface area (Å²) < 4.78 is 40.6. The molecule has 0 bridgehead atoms. The monoisotopic (exact) mass is 281 g/mol. The van der Waals surface area contributed by atoms with E-state index in [1.165, 1.54) is 0 Å². The lowest BCUT2D eigenvalue weighted by Crippen LogP contribution is -2.17. The molecule has 0 spiro atoms. The van der Waals surface area contributed by atoms with Gasteiger partial charge >= 0.3 is 13.2 Å². The summed E-state index contributed by atoms with van der Waals surface area (Å²) in [5.74, 6) is -1.35. The highest BCUT2D eigenvalue weighted by Crippen LogP contribution is 2.19. The molecule has 0 radical (unpaired) electrons. The molecule has 0 amide bonds. The maximum Gasteiger partial charge on any atom is 0.673 e. The molecule has 1 N–H and O–H groups in total. The van der Waals surface area contributed by atoms with Gasteiger partial charge in [0.1, 0.15) is 0 Å². The second kappa shape index (κ2) is 7.60. The minimum Gasteiger partial charge on any atom is -0.481 e. The average molecular weight is 281 g/mol. The lowest BCUT2D eigenvalue weighted by atomic mass is 10.0. The molecule has 0 aliphatic carbocycles. The Balaban J connectivity index is 0.000000555. The molecule has 9 heteroatoms. The van der Waals surface area contributed by atoms with E-state index in [1.807, 2.05) is 6.92 Å². The summed E-state index contributed by atoms with van der Waals surface area (Å²) in [7, 11) is -6.00. The van der Waals surface area contributed by atoms with Gasteiger partial charge in [0.2, 0.25) is 0 Å². The molecule has 1 aromatic heterocycles. The van der Waals surface area contributed by atoms with Gasteiger partial charge in [0.15, 0.2) is 0 Å². The zero-order chi connectivity index (χ0) is 15.1. The minimum absolute atomic E-state index is 0.519. The van der Waals surface area contributed by atoms with Gasteiger partial charge in [-0.1, -0.05) is 19.9 Å². The first-order chi connectivity index (χ1) is 8.66. The predicted molar refractivity (Wildman–Crippen MR) is 63.8 cm³/mol. The normalized spacial score (nSPS) is 12.3. The second-order valence-corrected chi connectivity index (χ2v) is 3.64. The van der Waals surface area contributed by atoms with Crippen LogP contribution in [-0.2, 0) is 4.79 Å². The molecule has 0 saturated carbocycles. The smallest absolute Gasteiger partial charge is 0.481 e. The number of halogens is 4. The molecule has 19 heavy (non-hydrogen) atoms. The standard InChI is InChI=1S/C10H14N2O2.BF4/c1-3-4-9(10(13)14)8(2)12-6-5-11-7-12;2-1(3,4)5/h5-7,9H,2-4H2,1H3,(H,13,14);/q;-1. The van der Waals surface area contributed by atoms with Crippen LogP contribution in [0.2, 0.25) is 0 Å². The van der Waals surface area contributed by atoms with E-state index in [1.54, 1.807) is 23.3 Å². The molecule has 1 heterocycles. The Morgan fingerprint density at radius 1 is 1.47 bits per heavy atom. The molecule has 4 nitrogen and oxygen atoms in total. The number of carboxylic acids is 1. The van der Waals surface area contributed by atoms with Gasteiger partial charge in [0.05, 0.1) is 12.2 Å². The van der Waals surface area contributed by atoms with Crippen LogP contribution in [0.15, 0.2) is 25.3 Å². The van der Waals surface area contributed by atoms with Gasteiger partial charge in [-0.05, 0) is 6.42 Å². The van der Waals surface area contributed by atoms with Crippen molar-refractivity contribution in [1.29, 1.82) is 0 Å². The van der Waals surface area contributed by atoms with Crippen LogP contribution in [0.4, 0.5) is 17.3 Å². The van der Waals surface area contributed by atoms with Crippen LogP contribution in [0, 0.1) is 5.92 Å². The lowest BCUT2D eigenvalue weighted by Gasteiger charge is -2.14. The highest BCUT2D eigenvalue weighted by atomic mass is 19.5. The molecule has 0 aliphatic heterocycles. The molecule has 1 aromatic rings. The fourth-order valence-electron chi connectivity index (χ4n) is 1.33. The Morgan fingerprint density at radius 2 is 2.00 bits per heavy atom. The quantitative estimate of drug-likeness (QED) is 0.666. The Kier molecular flexibility index (Phi) is 6.88. The molecule has 1 atom stereocenters. The van der Waals surface area contributed by atoms with Gasteiger partial charge < -0.3 is 26.9 Å². The summed E-state index contributed by atoms with van der Waals surface area (Å²) in [6.07, 6.45) is 6.30. The number of aromatic nitrogens is 2. The molecule has 0 saturated heterocycles. The fourth-order valence-corrected chi connectivity index (χ4v) is 1.33. The molecule has 0 aromatic carbocycles. The van der Waals surface area contributed by atoms with Crippen LogP contribution in [0.25, 0.3) is 5.70 Å². The number of nitrogens with zero attached hydrogens (tertiary/aromatic N) is 2. The number of imidazole rings is 1. The third-order valence-electron chi connectivity index (χ3n) is 2.11. The lowest BCUT2D eigenvalue weighted by molar-refractivity contribution is -0.140. The summed E-state index contributed by atoms with van der Waals surface area (Å²) in [6.45, 7) is 5.73. The molecule has 1 unspecified atom stereocenters. The first kappa shape index (κ1) is 17.2. The third-order valence-corrected chi connectivity index (χ3v) is 2.11. The molecule has 108 valence electrons. The summed E-state index contributed by atoms with van der Waals surface area (Å²) in [5.41, 5.74) is 0.567. The van der Waals surface area contributed by atoms with Crippen LogP contribution in [-0.4, -0.2) is 27.9 Å². The molecular weight excluding hydrogens is 267 g/mol. The zero-order valence-corrected chi connectivity index (χ0v) is 10.3. The van der Waals surface area contributed by atoms with Crippen LogP contribution < -0.4 is 0 Å². The van der Waals surface area contributed by atoms with E-state index >= 15 is 0 Å². The molecular formula is C10H14BF4N2O2-. The van der Waals surface area contributed by atoms with E-state index in [-0.39, 0.29) is 0 Å². The zero-order valence-electron chi connectivity index (χ0n) is 10.3. The molecule has 1 rings (SSSR count). The van der Waals surface area contributed by atoms with Crippen LogP contribution in [0.3, 0.4) is 0 Å². The van der Waals surface area contributed by atoms with Crippen molar-refractivity contribution in [2.75, 3.05) is 0 Å². The van der Waals surface area contributed by atoms with E-state index in [2.05, 4.69) is 11.6 Å². The molecule has 0 aliphatic rings. The highest BCUT2D eigenvalue weighted by Gasteiger charge is 2.21. The Hall–Kier alpha value is -1.80. The van der Waals surface area contributed by atoms with Gasteiger partial charge in [0.25, 0.3) is 0 Å². The third kappa shape index (κ3) is 8.01. The Bertz CT molecular complexity index is 400. The number of rotatable bonds is 5. The number of carboxylic acid groups (broad SMARTS) is 1. The number of aliphatic carboxylic acids is 1. The Labute approximate surface area is 107 Å². The summed E-state index contributed by atoms with van der Waals surface area (Å²) in [4.78, 5) is 14.8. The summed E-state index contributed by atoms with van der Waals surface area (Å²) >= 11 is 0. The first-order valence-corrected chi connectivity index (χ1v) is 5.44. The summed E-state index contributed by atoms with van der Waals surface area (Å²) in [5, 5.41) is 8.98. The van der Waals surface area contributed by atoms with Crippen molar-refractivity contribution in [3.8, 4) is 0 Å². The van der Waals surface area contributed by atoms with Crippen molar-refractivity contribution in [2.45, 2.75) is 19.8 Å². The van der Waals surface area contributed by atoms with Crippen LogP contribution >= 0.6 is 0 Å². The number of carbonyl (C=O) groups is 1. The van der Waals surface area contributed by atoms with Gasteiger partial charge in [-0.15, -0.1) is 0 Å². The van der Waals surface area contributed by atoms with E-state index in [4.69, 9.17) is 5.11 Å². The Morgan fingerprint density at radius 3 is 2.32 bits per heavy atom. The molecule has 0 fully saturated rings. The van der Waals surface area contributed by atoms with E-state index in [0.717, 1.165) is 6.42 Å². The van der Waals surface area contributed by atoms with Crippen molar-refractivity contribution < 1.29 is 27.2 Å². The van der Waals surface area contributed by atoms with Crippen molar-refractivity contribution in [2.24, 2.45) is 5.92 Å². The largest absolute Gasteiger partial charge is 0.673 e. The van der Waals surface area contributed by atoms with E-state index < -0.39 is 19.1 Å². The van der Waals surface area contributed by atoms with E-state index in [0.29, 0.717) is 12.1 Å². The predicted octanol–water partition coefficient (Wildman–Crippen LogP) is 3.15. The second-order valence-electron chi connectivity index (χ2n) is 3.64. The van der Waals surface area contributed by atoms with Crippen LogP contribution in [0.5, 0.6) is 0 Å². The first-order valence-electron chi connectivity index (χ1n) is 5.44. The SMILES string of the molecule is C=C(C(CCC)C(=O)O)n1ccnc1.F[B-](F)(F)F. The van der Waals surface area contributed by atoms with Gasteiger partial charge in [0, 0.05) is 18.1 Å². The van der Waals surface area contributed by atoms with Gasteiger partial charge in [-0.2, -0.15) is 0 Å². The van der Waals surface area contributed by atoms with Crippen molar-refractivity contribution in [3.05, 3.63) is 25.3 Å². The van der Waals surface area contributed by atoms with E-state index in [9.17, 15) is 22.1 Å². The number of hydrogen-bond acceptors (Lipinski definition) is 2. The van der Waals surface area contributed by atoms with Crippen molar-refractivity contribution in [1.82, 2.24) is 9.55 Å². The fraction of sp³-hybridized carbons (Fsp3) is 0.400. The van der Waals surface area contributed by atoms with Crippen LogP contribution in [0.1, 0.15) is 19.8 Å². The summed E-state index contributed by atoms with van der Waals surface area (Å²) in [6, 6.07) is 0. The van der Waals surface area contributed by atoms with Crippen molar-refractivity contribution in [3.63, 3.8) is 0 Å². The van der Waals surface area contributed by atoms with Gasteiger partial charge in [-0.25, -0.2) is 4.98 Å². The average Bonchev–Trinajstić information content (AvgIpc) is 2.75. The highest BCUT2D eigenvalue weighted by molar-refractivity contribution is 6.50. The minimum atomic E-state index is -6.00. The number of hydrogen-bond donors (Lipinski definition) is 1. The topological polar surface area (TPSA) is 55.1 Å². The maximum atomic E-state index is 10.9. The van der Waals surface area contributed by atoms with Crippen molar-refractivity contribution >= 4 is 18.9 Å².